The number of halogens is 1. The van der Waals surface area contributed by atoms with Gasteiger partial charge in [0.1, 0.15) is 23.4 Å². The molecule has 1 amide bonds. The SMILES string of the molecule is C[C@H]1Cc2cc(C(O)=C3C(=O)C(=O)N(CCc4ccccc4)[C@H]3c3ccccc3F)ccc2O1. The Kier molecular flexibility index (Phi) is 5.65. The van der Waals surface area contributed by atoms with Gasteiger partial charge >= 0.3 is 0 Å². The summed E-state index contributed by atoms with van der Waals surface area (Å²) < 4.78 is 20.7. The van der Waals surface area contributed by atoms with Gasteiger partial charge in [0.2, 0.25) is 0 Å². The van der Waals surface area contributed by atoms with Gasteiger partial charge in [0.05, 0.1) is 11.6 Å². The second-order valence-corrected chi connectivity index (χ2v) is 8.70. The fourth-order valence-corrected chi connectivity index (χ4v) is 4.75. The number of aliphatic hydroxyl groups excluding tert-OH is 1. The van der Waals surface area contributed by atoms with Crippen molar-refractivity contribution in [1.29, 1.82) is 0 Å². The molecule has 3 aromatic rings. The Balaban J connectivity index is 1.59. The first-order chi connectivity index (χ1) is 16.4. The predicted molar refractivity (Wildman–Crippen MR) is 126 cm³/mol. The third-order valence-electron chi connectivity index (χ3n) is 6.39. The number of rotatable bonds is 5. The van der Waals surface area contributed by atoms with Crippen LogP contribution in [0.2, 0.25) is 0 Å². The van der Waals surface area contributed by atoms with Crippen LogP contribution in [0.3, 0.4) is 0 Å². The van der Waals surface area contributed by atoms with E-state index in [4.69, 9.17) is 4.74 Å². The van der Waals surface area contributed by atoms with E-state index in [0.717, 1.165) is 16.9 Å². The minimum atomic E-state index is -1.02. The van der Waals surface area contributed by atoms with E-state index < -0.39 is 23.5 Å². The maximum atomic E-state index is 14.9. The summed E-state index contributed by atoms with van der Waals surface area (Å²) in [7, 11) is 0. The van der Waals surface area contributed by atoms with E-state index in [1.54, 1.807) is 36.4 Å². The summed E-state index contributed by atoms with van der Waals surface area (Å²) in [6.45, 7) is 2.16. The van der Waals surface area contributed by atoms with Crippen LogP contribution in [0.15, 0.2) is 78.4 Å². The molecule has 0 bridgehead atoms. The quantitative estimate of drug-likeness (QED) is 0.339. The van der Waals surface area contributed by atoms with Crippen molar-refractivity contribution in [2.24, 2.45) is 0 Å². The smallest absolute Gasteiger partial charge is 0.295 e. The number of likely N-dealkylation sites (tertiary alicyclic amines) is 1. The van der Waals surface area contributed by atoms with Crippen molar-refractivity contribution in [2.45, 2.75) is 31.9 Å². The molecule has 2 aliphatic heterocycles. The highest BCUT2D eigenvalue weighted by Gasteiger charge is 2.46. The minimum Gasteiger partial charge on any atom is -0.507 e. The van der Waals surface area contributed by atoms with E-state index in [2.05, 4.69) is 0 Å². The van der Waals surface area contributed by atoms with Crippen LogP contribution in [0.25, 0.3) is 5.76 Å². The van der Waals surface area contributed by atoms with Crippen LogP contribution in [0, 0.1) is 5.82 Å². The number of nitrogens with zero attached hydrogens (tertiary/aromatic N) is 1. The van der Waals surface area contributed by atoms with Gasteiger partial charge in [0.25, 0.3) is 11.7 Å². The molecule has 1 fully saturated rings. The monoisotopic (exact) mass is 457 g/mol. The lowest BCUT2D eigenvalue weighted by molar-refractivity contribution is -0.139. The molecule has 2 aliphatic rings. The molecule has 0 radical (unpaired) electrons. The summed E-state index contributed by atoms with van der Waals surface area (Å²) in [5, 5.41) is 11.2. The van der Waals surface area contributed by atoms with Gasteiger partial charge in [0, 0.05) is 24.1 Å². The second-order valence-electron chi connectivity index (χ2n) is 8.70. The molecular weight excluding hydrogens is 433 g/mol. The number of amides is 1. The first kappa shape index (κ1) is 21.9. The highest BCUT2D eigenvalue weighted by atomic mass is 19.1. The Bertz CT molecular complexity index is 1300. The van der Waals surface area contributed by atoms with Crippen LogP contribution in [0.5, 0.6) is 5.75 Å². The number of ketones is 1. The van der Waals surface area contributed by atoms with Crippen molar-refractivity contribution in [3.05, 3.63) is 106 Å². The van der Waals surface area contributed by atoms with Crippen LogP contribution >= 0.6 is 0 Å². The van der Waals surface area contributed by atoms with Crippen LogP contribution in [0.4, 0.5) is 4.39 Å². The molecule has 3 aromatic carbocycles. The van der Waals surface area contributed by atoms with Crippen molar-refractivity contribution in [1.82, 2.24) is 4.90 Å². The number of hydrogen-bond donors (Lipinski definition) is 1. The fraction of sp³-hybridized carbons (Fsp3) is 0.214. The van der Waals surface area contributed by atoms with E-state index >= 15 is 0 Å². The highest BCUT2D eigenvalue weighted by molar-refractivity contribution is 6.46. The maximum absolute atomic E-state index is 14.9. The van der Waals surface area contributed by atoms with Crippen molar-refractivity contribution >= 4 is 17.4 Å². The molecular formula is C28H24FNO4. The number of aliphatic hydroxyl groups is 1. The summed E-state index contributed by atoms with van der Waals surface area (Å²) in [4.78, 5) is 27.6. The molecule has 0 saturated carbocycles. The predicted octanol–water partition coefficient (Wildman–Crippen LogP) is 4.81. The minimum absolute atomic E-state index is 0.0226. The van der Waals surface area contributed by atoms with Crippen molar-refractivity contribution in [3.8, 4) is 5.75 Å². The lowest BCUT2D eigenvalue weighted by Gasteiger charge is -2.25. The summed E-state index contributed by atoms with van der Waals surface area (Å²) >= 11 is 0. The van der Waals surface area contributed by atoms with Gasteiger partial charge in [-0.25, -0.2) is 4.39 Å². The van der Waals surface area contributed by atoms with Crippen molar-refractivity contribution < 1.29 is 23.8 Å². The van der Waals surface area contributed by atoms with Crippen LogP contribution < -0.4 is 4.74 Å². The molecule has 1 N–H and O–H groups in total. The third kappa shape index (κ3) is 3.85. The molecule has 5 nitrogen and oxygen atoms in total. The van der Waals surface area contributed by atoms with Crippen molar-refractivity contribution in [3.63, 3.8) is 0 Å². The van der Waals surface area contributed by atoms with Crippen LogP contribution in [0.1, 0.15) is 35.2 Å². The largest absolute Gasteiger partial charge is 0.507 e. The fourth-order valence-electron chi connectivity index (χ4n) is 4.75. The number of ether oxygens (including phenoxy) is 1. The van der Waals surface area contributed by atoms with E-state index in [9.17, 15) is 19.1 Å². The van der Waals surface area contributed by atoms with E-state index in [-0.39, 0.29) is 29.5 Å². The van der Waals surface area contributed by atoms with Gasteiger partial charge in [-0.1, -0.05) is 48.5 Å². The molecule has 172 valence electrons. The van der Waals surface area contributed by atoms with Gasteiger partial charge in [-0.2, -0.15) is 0 Å². The zero-order valence-corrected chi connectivity index (χ0v) is 18.7. The van der Waals surface area contributed by atoms with E-state index in [0.29, 0.717) is 18.4 Å². The zero-order chi connectivity index (χ0) is 23.8. The van der Waals surface area contributed by atoms with Crippen LogP contribution in [-0.4, -0.2) is 34.3 Å². The Morgan fingerprint density at radius 3 is 2.56 bits per heavy atom. The molecule has 2 atom stereocenters. The molecule has 0 spiro atoms. The molecule has 6 heteroatoms. The average Bonchev–Trinajstić information content (AvgIpc) is 3.33. The first-order valence-electron chi connectivity index (χ1n) is 11.3. The Morgan fingerprint density at radius 2 is 1.79 bits per heavy atom. The molecule has 0 unspecified atom stereocenters. The van der Waals surface area contributed by atoms with Crippen molar-refractivity contribution in [2.75, 3.05) is 6.54 Å². The molecule has 2 heterocycles. The number of carbonyl (C=O) groups excluding carboxylic acids is 2. The summed E-state index contributed by atoms with van der Waals surface area (Å²) in [5.74, 6) is -1.68. The third-order valence-corrected chi connectivity index (χ3v) is 6.39. The summed E-state index contributed by atoms with van der Waals surface area (Å²) in [5.41, 5.74) is 2.38. The number of fused-ring (bicyclic) bond motifs is 1. The average molecular weight is 458 g/mol. The molecule has 34 heavy (non-hydrogen) atoms. The normalized spacial score (nSPS) is 20.9. The topological polar surface area (TPSA) is 66.8 Å². The molecule has 0 aromatic heterocycles. The van der Waals surface area contributed by atoms with Gasteiger partial charge < -0.3 is 14.7 Å². The number of benzene rings is 3. The molecule has 5 rings (SSSR count). The maximum Gasteiger partial charge on any atom is 0.295 e. The Morgan fingerprint density at radius 1 is 1.06 bits per heavy atom. The number of Topliss-reactive ketones (excluding diaryl/α,β-unsaturated/α-hetero) is 1. The van der Waals surface area contributed by atoms with Gasteiger partial charge in [-0.15, -0.1) is 0 Å². The molecule has 1 saturated heterocycles. The summed E-state index contributed by atoms with van der Waals surface area (Å²) in [6.07, 6.45) is 1.19. The first-order valence-corrected chi connectivity index (χ1v) is 11.3. The van der Waals surface area contributed by atoms with Gasteiger partial charge in [-0.05, 0) is 48.7 Å². The Hall–Kier alpha value is -3.93. The van der Waals surface area contributed by atoms with E-state index in [1.165, 1.54) is 11.0 Å². The molecule has 0 aliphatic carbocycles. The van der Waals surface area contributed by atoms with E-state index in [1.807, 2.05) is 37.3 Å². The highest BCUT2D eigenvalue weighted by Crippen LogP contribution is 2.41. The van der Waals surface area contributed by atoms with Crippen LogP contribution in [-0.2, 0) is 22.4 Å². The lowest BCUT2D eigenvalue weighted by atomic mass is 9.94. The van der Waals surface area contributed by atoms with Gasteiger partial charge in [-0.3, -0.25) is 9.59 Å². The Labute approximate surface area is 197 Å². The van der Waals surface area contributed by atoms with Gasteiger partial charge in [0.15, 0.2) is 0 Å². The lowest BCUT2D eigenvalue weighted by Crippen LogP contribution is -2.32. The zero-order valence-electron chi connectivity index (χ0n) is 18.7. The summed E-state index contributed by atoms with van der Waals surface area (Å²) in [6, 6.07) is 19.8. The number of carbonyl (C=O) groups is 2. The standard InChI is InChI=1S/C28H24FNO4/c1-17-15-20-16-19(11-12-23(20)34-17)26(31)24-25(21-9-5-6-10-22(21)29)30(28(33)27(24)32)14-13-18-7-3-2-4-8-18/h2-12,16-17,25,31H,13-15H2,1H3/t17-,25-/m0/s1. The second kappa shape index (κ2) is 8.78. The number of hydrogen-bond acceptors (Lipinski definition) is 4.